The molecule has 0 spiro atoms. The third-order valence-corrected chi connectivity index (χ3v) is 4.04. The normalized spacial score (nSPS) is 11.3. The fourth-order valence-corrected chi connectivity index (χ4v) is 3.36. The molecule has 0 amide bonds. The van der Waals surface area contributed by atoms with Crippen molar-refractivity contribution in [2.45, 2.75) is 0 Å². The minimum Gasteiger partial charge on any atom is -0.464 e. The average molecular weight is 345 g/mol. The van der Waals surface area contributed by atoms with E-state index < -0.39 is 6.09 Å². The van der Waals surface area contributed by atoms with Gasteiger partial charge in [0.05, 0.1) is 10.2 Å². The molecule has 0 aliphatic rings. The number of nitrogens with zero attached hydrogens (tertiary/aromatic N) is 3. The van der Waals surface area contributed by atoms with Gasteiger partial charge in [-0.1, -0.05) is 0 Å². The smallest absolute Gasteiger partial charge is 0.417 e. The summed E-state index contributed by atoms with van der Waals surface area (Å²) in [6, 6.07) is 1.69. The lowest BCUT2D eigenvalue weighted by Crippen LogP contribution is -2.07. The highest BCUT2D eigenvalue weighted by molar-refractivity contribution is 14.1. The zero-order valence-electron chi connectivity index (χ0n) is 7.72. The molecule has 0 saturated carbocycles. The Bertz CT molecular complexity index is 718. The summed E-state index contributed by atoms with van der Waals surface area (Å²) in [6.45, 7) is 0. The van der Waals surface area contributed by atoms with Crippen LogP contribution in [0.5, 0.6) is 0 Å². The van der Waals surface area contributed by atoms with Crippen molar-refractivity contribution in [1.82, 2.24) is 14.5 Å². The van der Waals surface area contributed by atoms with Crippen LogP contribution in [0.15, 0.2) is 18.5 Å². The van der Waals surface area contributed by atoms with E-state index in [0.29, 0.717) is 11.2 Å². The van der Waals surface area contributed by atoms with Gasteiger partial charge in [-0.3, -0.25) is 4.98 Å². The summed E-state index contributed by atoms with van der Waals surface area (Å²) in [5, 5.41) is 10.0. The molecule has 7 heteroatoms. The first-order chi connectivity index (χ1) is 7.68. The maximum Gasteiger partial charge on any atom is 0.417 e. The minimum absolute atomic E-state index is 0.491. The van der Waals surface area contributed by atoms with Crippen LogP contribution in [0.2, 0.25) is 0 Å². The summed E-state index contributed by atoms with van der Waals surface area (Å²) in [4.78, 5) is 19.5. The number of carboxylic acid groups (broad SMARTS) is 1. The largest absolute Gasteiger partial charge is 0.464 e. The van der Waals surface area contributed by atoms with E-state index in [9.17, 15) is 9.90 Å². The molecule has 80 valence electrons. The number of thiazole rings is 1. The Morgan fingerprint density at radius 1 is 1.56 bits per heavy atom. The Kier molecular flexibility index (Phi) is 2.11. The van der Waals surface area contributed by atoms with Gasteiger partial charge in [0, 0.05) is 17.8 Å². The molecule has 3 heterocycles. The SMILES string of the molecule is O=C(O)n1c2ccncc2c2sc(I)nc21. The molecule has 0 saturated heterocycles. The predicted octanol–water partition coefficient (Wildman–Crippen LogP) is 2.78. The molecule has 3 aromatic rings. The zero-order chi connectivity index (χ0) is 11.3. The van der Waals surface area contributed by atoms with Gasteiger partial charge < -0.3 is 5.11 Å². The molecule has 0 aliphatic heterocycles. The molecule has 1 N–H and O–H groups in total. The lowest BCUT2D eigenvalue weighted by atomic mass is 10.3. The monoisotopic (exact) mass is 345 g/mol. The summed E-state index contributed by atoms with van der Waals surface area (Å²) < 4.78 is 2.89. The molecule has 0 unspecified atom stereocenters. The minimum atomic E-state index is -1.02. The molecule has 0 aromatic carbocycles. The number of carbonyl (C=O) groups is 1. The molecule has 16 heavy (non-hydrogen) atoms. The van der Waals surface area contributed by atoms with Crippen LogP contribution in [0.3, 0.4) is 0 Å². The lowest BCUT2D eigenvalue weighted by Gasteiger charge is -1.96. The first-order valence-electron chi connectivity index (χ1n) is 4.32. The van der Waals surface area contributed by atoms with Crippen molar-refractivity contribution in [3.8, 4) is 0 Å². The van der Waals surface area contributed by atoms with Gasteiger partial charge in [-0.25, -0.2) is 14.3 Å². The van der Waals surface area contributed by atoms with Crippen molar-refractivity contribution < 1.29 is 9.90 Å². The Hall–Kier alpha value is -1.22. The first-order valence-corrected chi connectivity index (χ1v) is 6.22. The zero-order valence-corrected chi connectivity index (χ0v) is 10.7. The average Bonchev–Trinajstić information content (AvgIpc) is 2.72. The number of halogens is 1. The second kappa shape index (κ2) is 3.39. The fraction of sp³-hybridized carbons (Fsp3) is 0. The van der Waals surface area contributed by atoms with Crippen LogP contribution in [0.1, 0.15) is 0 Å². The maximum atomic E-state index is 11.2. The number of pyridine rings is 1. The Morgan fingerprint density at radius 3 is 3.12 bits per heavy atom. The summed E-state index contributed by atoms with van der Waals surface area (Å²) in [5.74, 6) is 0. The van der Waals surface area contributed by atoms with E-state index in [1.807, 2.05) is 0 Å². The van der Waals surface area contributed by atoms with Crippen LogP contribution in [0.4, 0.5) is 4.79 Å². The van der Waals surface area contributed by atoms with E-state index >= 15 is 0 Å². The van der Waals surface area contributed by atoms with E-state index in [1.165, 1.54) is 15.9 Å². The standard InChI is InChI=1S/C9H4IN3O2S/c10-8-12-7-6(16-8)4-3-11-2-1-5(4)13(7)9(14)15/h1-3H,(H,14,15). The highest BCUT2D eigenvalue weighted by Crippen LogP contribution is 2.32. The van der Waals surface area contributed by atoms with E-state index in [0.717, 1.165) is 13.1 Å². The molecule has 0 aliphatic carbocycles. The molecule has 0 atom stereocenters. The van der Waals surface area contributed by atoms with Gasteiger partial charge >= 0.3 is 6.09 Å². The third-order valence-electron chi connectivity index (χ3n) is 2.27. The molecule has 3 rings (SSSR count). The van der Waals surface area contributed by atoms with Gasteiger partial charge in [0.2, 0.25) is 0 Å². The summed E-state index contributed by atoms with van der Waals surface area (Å²) >= 11 is 3.55. The van der Waals surface area contributed by atoms with E-state index in [2.05, 4.69) is 32.6 Å². The van der Waals surface area contributed by atoms with Gasteiger partial charge in [0.1, 0.15) is 0 Å². The van der Waals surface area contributed by atoms with Crippen LogP contribution in [-0.2, 0) is 0 Å². The van der Waals surface area contributed by atoms with Crippen molar-refractivity contribution in [2.75, 3.05) is 0 Å². The van der Waals surface area contributed by atoms with E-state index in [-0.39, 0.29) is 0 Å². The van der Waals surface area contributed by atoms with E-state index in [4.69, 9.17) is 0 Å². The molecular weight excluding hydrogens is 341 g/mol. The summed E-state index contributed by atoms with van der Waals surface area (Å²) in [7, 11) is 0. The van der Waals surface area contributed by atoms with Crippen molar-refractivity contribution in [3.05, 3.63) is 21.5 Å². The van der Waals surface area contributed by atoms with Crippen LogP contribution in [-0.4, -0.2) is 25.7 Å². The predicted molar refractivity (Wildman–Crippen MR) is 69.1 cm³/mol. The van der Waals surface area contributed by atoms with Gasteiger partial charge in [-0.15, -0.1) is 11.3 Å². The quantitative estimate of drug-likeness (QED) is 0.636. The maximum absolute atomic E-state index is 11.2. The number of hydrogen-bond donors (Lipinski definition) is 1. The molecule has 5 nitrogen and oxygen atoms in total. The second-order valence-corrected chi connectivity index (χ2v) is 5.88. The Labute approximate surface area is 107 Å². The second-order valence-electron chi connectivity index (χ2n) is 3.13. The molecule has 0 bridgehead atoms. The van der Waals surface area contributed by atoms with Crippen molar-refractivity contribution in [2.24, 2.45) is 0 Å². The molecule has 0 fully saturated rings. The van der Waals surface area contributed by atoms with Gasteiger partial charge in [0.15, 0.2) is 8.66 Å². The number of hydrogen-bond acceptors (Lipinski definition) is 4. The summed E-state index contributed by atoms with van der Waals surface area (Å²) in [5.41, 5.74) is 1.12. The Balaban J connectivity index is 2.61. The van der Waals surface area contributed by atoms with Crippen molar-refractivity contribution in [3.63, 3.8) is 0 Å². The molecular formula is C9H4IN3O2S. The first kappa shape index (κ1) is 9.97. The van der Waals surface area contributed by atoms with Crippen molar-refractivity contribution >= 4 is 61.3 Å². The van der Waals surface area contributed by atoms with Crippen LogP contribution < -0.4 is 0 Å². The fourth-order valence-electron chi connectivity index (χ4n) is 1.68. The van der Waals surface area contributed by atoms with Gasteiger partial charge in [0.25, 0.3) is 0 Å². The third kappa shape index (κ3) is 1.24. The Morgan fingerprint density at radius 2 is 2.38 bits per heavy atom. The number of rotatable bonds is 0. The van der Waals surface area contributed by atoms with E-state index in [1.54, 1.807) is 18.5 Å². The van der Waals surface area contributed by atoms with Crippen LogP contribution >= 0.6 is 33.9 Å². The van der Waals surface area contributed by atoms with Gasteiger partial charge in [-0.2, -0.15) is 0 Å². The van der Waals surface area contributed by atoms with Gasteiger partial charge in [-0.05, 0) is 28.7 Å². The molecule has 3 aromatic heterocycles. The highest BCUT2D eigenvalue weighted by Gasteiger charge is 2.18. The van der Waals surface area contributed by atoms with Crippen LogP contribution in [0.25, 0.3) is 21.3 Å². The van der Waals surface area contributed by atoms with Crippen molar-refractivity contribution in [1.29, 1.82) is 0 Å². The molecule has 0 radical (unpaired) electrons. The highest BCUT2D eigenvalue weighted by atomic mass is 127. The number of aromatic nitrogens is 3. The summed E-state index contributed by atoms with van der Waals surface area (Å²) in [6.07, 6.45) is 2.23. The lowest BCUT2D eigenvalue weighted by molar-refractivity contribution is 0.198. The number of fused-ring (bicyclic) bond motifs is 3. The van der Waals surface area contributed by atoms with Crippen LogP contribution in [0, 0.1) is 3.01 Å². The topological polar surface area (TPSA) is 68.0 Å².